The number of likely N-dealkylation sites (N-methyl/N-ethyl adjacent to an activating group) is 2. The molecule has 19 heavy (non-hydrogen) atoms. The first-order valence-electron chi connectivity index (χ1n) is 6.33. The molecule has 0 spiro atoms. The number of rotatable bonds is 3. The van der Waals surface area contributed by atoms with Crippen molar-refractivity contribution in [1.29, 1.82) is 0 Å². The molecule has 0 radical (unpaired) electrons. The molecule has 0 aliphatic carbocycles. The van der Waals surface area contributed by atoms with Crippen molar-refractivity contribution < 1.29 is 5.21 Å². The van der Waals surface area contributed by atoms with E-state index in [9.17, 15) is 0 Å². The molecule has 1 saturated heterocycles. The lowest BCUT2D eigenvalue weighted by atomic mass is 10.0. The fourth-order valence-corrected chi connectivity index (χ4v) is 2.45. The van der Waals surface area contributed by atoms with Gasteiger partial charge in [0, 0.05) is 32.0 Å². The van der Waals surface area contributed by atoms with E-state index in [1.54, 1.807) is 6.20 Å². The van der Waals surface area contributed by atoms with Crippen LogP contribution in [0.15, 0.2) is 17.5 Å². The zero-order valence-electron chi connectivity index (χ0n) is 11.3. The van der Waals surface area contributed by atoms with E-state index >= 15 is 0 Å². The molecule has 1 aromatic rings. The number of hydrogen-bond acceptors (Lipinski definition) is 6. The van der Waals surface area contributed by atoms with Crippen LogP contribution >= 0.6 is 0 Å². The summed E-state index contributed by atoms with van der Waals surface area (Å²) in [6.07, 6.45) is 5.42. The minimum absolute atomic E-state index is 0.0147. The summed E-state index contributed by atoms with van der Waals surface area (Å²) in [5.41, 5.74) is 6.07. The molecule has 7 heteroatoms. The van der Waals surface area contributed by atoms with Gasteiger partial charge >= 0.3 is 0 Å². The standard InChI is InChI=1S/C12H20N6O/c1-17-7-3-4-9(8-17)18(2)12-10(11(13)16-19)14-5-6-15-12/h5-6,9,19H,3-4,7-8H2,1-2H3,(H2,13,16). The van der Waals surface area contributed by atoms with Crippen LogP contribution in [0.1, 0.15) is 18.5 Å². The Hall–Kier alpha value is -1.89. The molecule has 0 bridgehead atoms. The molecule has 7 nitrogen and oxygen atoms in total. The Morgan fingerprint density at radius 2 is 2.26 bits per heavy atom. The smallest absolute Gasteiger partial charge is 0.192 e. The lowest BCUT2D eigenvalue weighted by Crippen LogP contribution is -2.46. The normalized spacial score (nSPS) is 21.4. The lowest BCUT2D eigenvalue weighted by molar-refractivity contribution is 0.247. The molecule has 1 fully saturated rings. The second-order valence-corrected chi connectivity index (χ2v) is 4.88. The number of nitrogens with two attached hydrogens (primary N) is 1. The first-order valence-corrected chi connectivity index (χ1v) is 6.33. The molecule has 1 atom stereocenters. The predicted octanol–water partition coefficient (Wildman–Crippen LogP) is 0.102. The summed E-state index contributed by atoms with van der Waals surface area (Å²) in [7, 11) is 4.09. The van der Waals surface area contributed by atoms with Gasteiger partial charge in [0.25, 0.3) is 0 Å². The Balaban J connectivity index is 2.25. The topological polar surface area (TPSA) is 90.9 Å². The summed E-state index contributed by atoms with van der Waals surface area (Å²) < 4.78 is 0. The van der Waals surface area contributed by atoms with Crippen LogP contribution in [0.5, 0.6) is 0 Å². The first-order chi connectivity index (χ1) is 9.13. The molecule has 1 aliphatic heterocycles. The van der Waals surface area contributed by atoms with Crippen LogP contribution in [0.2, 0.25) is 0 Å². The van der Waals surface area contributed by atoms with E-state index in [2.05, 4.69) is 32.0 Å². The fraction of sp³-hybridized carbons (Fsp3) is 0.583. The van der Waals surface area contributed by atoms with Crippen molar-refractivity contribution in [2.75, 3.05) is 32.1 Å². The third-order valence-corrected chi connectivity index (χ3v) is 3.51. The zero-order chi connectivity index (χ0) is 13.8. The monoisotopic (exact) mass is 264 g/mol. The van der Waals surface area contributed by atoms with Gasteiger partial charge in [-0.25, -0.2) is 9.97 Å². The van der Waals surface area contributed by atoms with Crippen LogP contribution < -0.4 is 10.6 Å². The Morgan fingerprint density at radius 3 is 2.95 bits per heavy atom. The van der Waals surface area contributed by atoms with Gasteiger partial charge in [0.05, 0.1) is 0 Å². The number of oxime groups is 1. The van der Waals surface area contributed by atoms with Gasteiger partial charge < -0.3 is 20.7 Å². The largest absolute Gasteiger partial charge is 0.409 e. The number of hydrogen-bond donors (Lipinski definition) is 2. The second kappa shape index (κ2) is 5.83. The van der Waals surface area contributed by atoms with Gasteiger partial charge in [0.1, 0.15) is 0 Å². The maximum atomic E-state index is 8.82. The molecule has 0 amide bonds. The van der Waals surface area contributed by atoms with Crippen LogP contribution in [0, 0.1) is 0 Å². The lowest BCUT2D eigenvalue weighted by Gasteiger charge is -2.36. The molecule has 1 unspecified atom stereocenters. The van der Waals surface area contributed by atoms with Crippen molar-refractivity contribution in [3.05, 3.63) is 18.1 Å². The highest BCUT2D eigenvalue weighted by Gasteiger charge is 2.24. The summed E-state index contributed by atoms with van der Waals surface area (Å²) in [4.78, 5) is 12.8. The molecule has 0 saturated carbocycles. The number of piperidine rings is 1. The van der Waals surface area contributed by atoms with Gasteiger partial charge in [-0.05, 0) is 26.4 Å². The Bertz CT molecular complexity index is 463. The summed E-state index contributed by atoms with van der Waals surface area (Å²) in [6.45, 7) is 2.10. The number of likely N-dealkylation sites (tertiary alicyclic amines) is 1. The van der Waals surface area contributed by atoms with Gasteiger partial charge in [-0.15, -0.1) is 0 Å². The van der Waals surface area contributed by atoms with Crippen molar-refractivity contribution in [3.63, 3.8) is 0 Å². The van der Waals surface area contributed by atoms with Gasteiger partial charge in [0.2, 0.25) is 0 Å². The molecule has 2 rings (SSSR count). The van der Waals surface area contributed by atoms with Crippen LogP contribution in [-0.2, 0) is 0 Å². The van der Waals surface area contributed by atoms with Crippen molar-refractivity contribution in [1.82, 2.24) is 14.9 Å². The number of amidine groups is 1. The Kier molecular flexibility index (Phi) is 4.16. The maximum absolute atomic E-state index is 8.82. The number of anilines is 1. The number of aromatic nitrogens is 2. The minimum atomic E-state index is -0.0147. The molecule has 1 aliphatic rings. The highest BCUT2D eigenvalue weighted by atomic mass is 16.4. The van der Waals surface area contributed by atoms with Gasteiger partial charge in [-0.2, -0.15) is 0 Å². The number of nitrogens with zero attached hydrogens (tertiary/aromatic N) is 5. The summed E-state index contributed by atoms with van der Waals surface area (Å²) in [5, 5.41) is 11.8. The van der Waals surface area contributed by atoms with E-state index in [0.29, 0.717) is 17.6 Å². The quantitative estimate of drug-likeness (QED) is 0.348. The minimum Gasteiger partial charge on any atom is -0.409 e. The summed E-state index contributed by atoms with van der Waals surface area (Å²) >= 11 is 0. The SMILES string of the molecule is CN1CCCC(N(C)c2nccnc2C(N)=NO)C1. The van der Waals surface area contributed by atoms with Gasteiger partial charge in [0.15, 0.2) is 17.3 Å². The van der Waals surface area contributed by atoms with Crippen LogP contribution in [0.4, 0.5) is 5.82 Å². The van der Waals surface area contributed by atoms with E-state index in [0.717, 1.165) is 25.9 Å². The highest BCUT2D eigenvalue weighted by molar-refractivity contribution is 5.99. The molecular weight excluding hydrogens is 244 g/mol. The molecule has 3 N–H and O–H groups in total. The molecule has 104 valence electrons. The van der Waals surface area contributed by atoms with E-state index < -0.39 is 0 Å². The molecule has 2 heterocycles. The molecule has 1 aromatic heterocycles. The van der Waals surface area contributed by atoms with Crippen LogP contribution in [0.3, 0.4) is 0 Å². The molecule has 0 aromatic carbocycles. The third-order valence-electron chi connectivity index (χ3n) is 3.51. The Morgan fingerprint density at radius 1 is 1.53 bits per heavy atom. The van der Waals surface area contributed by atoms with E-state index in [4.69, 9.17) is 10.9 Å². The maximum Gasteiger partial charge on any atom is 0.192 e. The van der Waals surface area contributed by atoms with E-state index in [1.807, 2.05) is 7.05 Å². The first kappa shape index (κ1) is 13.5. The average Bonchev–Trinajstić information content (AvgIpc) is 2.45. The molecular formula is C12H20N6O. The van der Waals surface area contributed by atoms with Crippen molar-refractivity contribution in [2.45, 2.75) is 18.9 Å². The third kappa shape index (κ3) is 2.93. The van der Waals surface area contributed by atoms with Crippen LogP contribution in [-0.4, -0.2) is 59.1 Å². The van der Waals surface area contributed by atoms with Gasteiger partial charge in [-0.1, -0.05) is 5.16 Å². The van der Waals surface area contributed by atoms with Gasteiger partial charge in [-0.3, -0.25) is 0 Å². The summed E-state index contributed by atoms with van der Waals surface area (Å²) in [5.74, 6) is 0.636. The average molecular weight is 264 g/mol. The van der Waals surface area contributed by atoms with Crippen molar-refractivity contribution in [3.8, 4) is 0 Å². The van der Waals surface area contributed by atoms with Crippen molar-refractivity contribution >= 4 is 11.7 Å². The van der Waals surface area contributed by atoms with Crippen LogP contribution in [0.25, 0.3) is 0 Å². The van der Waals surface area contributed by atoms with E-state index in [-0.39, 0.29) is 5.84 Å². The Labute approximate surface area is 112 Å². The zero-order valence-corrected chi connectivity index (χ0v) is 11.3. The second-order valence-electron chi connectivity index (χ2n) is 4.88. The van der Waals surface area contributed by atoms with Crippen molar-refractivity contribution in [2.24, 2.45) is 10.9 Å². The fourth-order valence-electron chi connectivity index (χ4n) is 2.45. The van der Waals surface area contributed by atoms with E-state index in [1.165, 1.54) is 6.20 Å². The predicted molar refractivity (Wildman–Crippen MR) is 73.5 cm³/mol. The highest BCUT2D eigenvalue weighted by Crippen LogP contribution is 2.21. The summed E-state index contributed by atoms with van der Waals surface area (Å²) in [6, 6.07) is 0.362.